The summed E-state index contributed by atoms with van der Waals surface area (Å²) < 4.78 is 0. The Morgan fingerprint density at radius 2 is 2.05 bits per heavy atom. The predicted molar refractivity (Wildman–Crippen MR) is 78.0 cm³/mol. The molecule has 2 rings (SSSR count). The van der Waals surface area contributed by atoms with Crippen LogP contribution in [0.1, 0.15) is 31.2 Å². The SMILES string of the molecule is O=C(O)CCC1CCN(Cc2cc(Cl)ccc2O)CC1. The molecule has 110 valence electrons. The highest BCUT2D eigenvalue weighted by atomic mass is 35.5. The lowest BCUT2D eigenvalue weighted by atomic mass is 9.92. The number of phenolic OH excluding ortho intramolecular Hbond substituents is 1. The van der Waals surface area contributed by atoms with Crippen molar-refractivity contribution < 1.29 is 15.0 Å². The zero-order valence-electron chi connectivity index (χ0n) is 11.4. The van der Waals surface area contributed by atoms with Crippen LogP contribution in [0.4, 0.5) is 0 Å². The maximum Gasteiger partial charge on any atom is 0.303 e. The fourth-order valence-corrected chi connectivity index (χ4v) is 2.88. The molecular formula is C15H20ClNO3. The summed E-state index contributed by atoms with van der Waals surface area (Å²) in [4.78, 5) is 12.8. The van der Waals surface area contributed by atoms with Crippen molar-refractivity contribution in [1.82, 2.24) is 4.90 Å². The minimum atomic E-state index is -0.712. The average Bonchev–Trinajstić information content (AvgIpc) is 2.42. The lowest BCUT2D eigenvalue weighted by molar-refractivity contribution is -0.137. The van der Waals surface area contributed by atoms with Crippen LogP contribution in [0.5, 0.6) is 5.75 Å². The van der Waals surface area contributed by atoms with Crippen LogP contribution in [0.2, 0.25) is 5.02 Å². The number of nitrogens with zero attached hydrogens (tertiary/aromatic N) is 1. The molecule has 0 aliphatic carbocycles. The number of hydrogen-bond donors (Lipinski definition) is 2. The Bertz CT molecular complexity index is 470. The number of likely N-dealkylation sites (tertiary alicyclic amines) is 1. The number of carboxylic acid groups (broad SMARTS) is 1. The van der Waals surface area contributed by atoms with E-state index in [1.54, 1.807) is 18.2 Å². The van der Waals surface area contributed by atoms with E-state index in [4.69, 9.17) is 16.7 Å². The Morgan fingerprint density at radius 3 is 2.70 bits per heavy atom. The molecule has 1 aromatic rings. The molecule has 1 saturated heterocycles. The molecule has 2 N–H and O–H groups in total. The standard InChI is InChI=1S/C15H20ClNO3/c16-13-2-3-14(18)12(9-13)10-17-7-5-11(6-8-17)1-4-15(19)20/h2-3,9,11,18H,1,4-8,10H2,(H,19,20). The number of carboxylic acids is 1. The highest BCUT2D eigenvalue weighted by Crippen LogP contribution is 2.26. The Morgan fingerprint density at radius 1 is 1.35 bits per heavy atom. The lowest BCUT2D eigenvalue weighted by Gasteiger charge is -2.32. The first kappa shape index (κ1) is 15.1. The number of rotatable bonds is 5. The Kier molecular flexibility index (Phi) is 5.26. The summed E-state index contributed by atoms with van der Waals surface area (Å²) in [5.41, 5.74) is 0.849. The third kappa shape index (κ3) is 4.39. The second-order valence-electron chi connectivity index (χ2n) is 5.42. The molecule has 0 atom stereocenters. The van der Waals surface area contributed by atoms with E-state index in [0.717, 1.165) is 37.9 Å². The van der Waals surface area contributed by atoms with Crippen LogP contribution in [-0.2, 0) is 11.3 Å². The van der Waals surface area contributed by atoms with Gasteiger partial charge in [-0.15, -0.1) is 0 Å². The van der Waals surface area contributed by atoms with Gasteiger partial charge in [0, 0.05) is 23.6 Å². The lowest BCUT2D eigenvalue weighted by Crippen LogP contribution is -2.33. The normalized spacial score (nSPS) is 17.2. The van der Waals surface area contributed by atoms with Crippen LogP contribution >= 0.6 is 11.6 Å². The third-order valence-corrected chi connectivity index (χ3v) is 4.14. The van der Waals surface area contributed by atoms with Crippen molar-refractivity contribution in [2.45, 2.75) is 32.2 Å². The summed E-state index contributed by atoms with van der Waals surface area (Å²) in [5.74, 6) is 0.0778. The molecule has 0 aromatic heterocycles. The van der Waals surface area contributed by atoms with Crippen molar-refractivity contribution in [2.75, 3.05) is 13.1 Å². The van der Waals surface area contributed by atoms with Gasteiger partial charge in [-0.05, 0) is 56.5 Å². The molecule has 1 aromatic carbocycles. The van der Waals surface area contributed by atoms with Gasteiger partial charge in [0.25, 0.3) is 0 Å². The van der Waals surface area contributed by atoms with Crippen LogP contribution in [0, 0.1) is 5.92 Å². The highest BCUT2D eigenvalue weighted by Gasteiger charge is 2.20. The maximum absolute atomic E-state index is 10.6. The van der Waals surface area contributed by atoms with Crippen molar-refractivity contribution in [1.29, 1.82) is 0 Å². The van der Waals surface area contributed by atoms with E-state index < -0.39 is 5.97 Å². The van der Waals surface area contributed by atoms with Gasteiger partial charge in [-0.2, -0.15) is 0 Å². The Hall–Kier alpha value is -1.26. The Labute approximate surface area is 124 Å². The second kappa shape index (κ2) is 6.95. The Balaban J connectivity index is 1.82. The molecule has 5 heteroatoms. The predicted octanol–water partition coefficient (Wildman–Crippen LogP) is 3.12. The summed E-state index contributed by atoms with van der Waals surface area (Å²) in [6, 6.07) is 5.10. The van der Waals surface area contributed by atoms with Crippen molar-refractivity contribution in [2.24, 2.45) is 5.92 Å². The number of benzene rings is 1. The number of aliphatic carboxylic acids is 1. The number of piperidine rings is 1. The molecule has 1 fully saturated rings. The van der Waals surface area contributed by atoms with E-state index >= 15 is 0 Å². The zero-order chi connectivity index (χ0) is 14.5. The van der Waals surface area contributed by atoms with E-state index in [1.807, 2.05) is 0 Å². The molecule has 0 unspecified atom stereocenters. The fraction of sp³-hybridized carbons (Fsp3) is 0.533. The molecule has 1 aliphatic rings. The average molecular weight is 298 g/mol. The van der Waals surface area contributed by atoms with Gasteiger partial charge in [-0.3, -0.25) is 9.69 Å². The van der Waals surface area contributed by atoms with E-state index in [2.05, 4.69) is 4.90 Å². The van der Waals surface area contributed by atoms with E-state index in [0.29, 0.717) is 17.5 Å². The van der Waals surface area contributed by atoms with Crippen LogP contribution in [0.15, 0.2) is 18.2 Å². The molecule has 0 saturated carbocycles. The van der Waals surface area contributed by atoms with Crippen molar-refractivity contribution in [3.05, 3.63) is 28.8 Å². The summed E-state index contributed by atoms with van der Waals surface area (Å²) in [7, 11) is 0. The molecule has 0 radical (unpaired) electrons. The minimum absolute atomic E-state index is 0.264. The number of phenols is 1. The first-order chi connectivity index (χ1) is 9.54. The van der Waals surface area contributed by atoms with Crippen LogP contribution < -0.4 is 0 Å². The molecule has 1 heterocycles. The molecule has 20 heavy (non-hydrogen) atoms. The van der Waals surface area contributed by atoms with Gasteiger partial charge in [0.05, 0.1) is 0 Å². The largest absolute Gasteiger partial charge is 0.508 e. The van der Waals surface area contributed by atoms with Gasteiger partial charge in [-0.25, -0.2) is 0 Å². The first-order valence-electron chi connectivity index (χ1n) is 6.96. The van der Waals surface area contributed by atoms with E-state index in [-0.39, 0.29) is 12.2 Å². The molecule has 1 aliphatic heterocycles. The molecule has 0 amide bonds. The summed E-state index contributed by atoms with van der Waals surface area (Å²) in [6.07, 6.45) is 3.08. The van der Waals surface area contributed by atoms with Crippen molar-refractivity contribution >= 4 is 17.6 Å². The smallest absolute Gasteiger partial charge is 0.303 e. The number of hydrogen-bond acceptors (Lipinski definition) is 3. The fourth-order valence-electron chi connectivity index (χ4n) is 2.68. The van der Waals surface area contributed by atoms with Crippen molar-refractivity contribution in [3.63, 3.8) is 0 Å². The van der Waals surface area contributed by atoms with Gasteiger partial charge in [-0.1, -0.05) is 11.6 Å². The van der Waals surface area contributed by atoms with Gasteiger partial charge >= 0.3 is 5.97 Å². The quantitative estimate of drug-likeness (QED) is 0.876. The summed E-state index contributed by atoms with van der Waals surface area (Å²) >= 11 is 5.94. The zero-order valence-corrected chi connectivity index (χ0v) is 12.1. The topological polar surface area (TPSA) is 60.8 Å². The van der Waals surface area contributed by atoms with Gasteiger partial charge in [0.2, 0.25) is 0 Å². The molecule has 0 spiro atoms. The van der Waals surface area contributed by atoms with Gasteiger partial charge in [0.15, 0.2) is 0 Å². The van der Waals surface area contributed by atoms with Gasteiger partial charge < -0.3 is 10.2 Å². The highest BCUT2D eigenvalue weighted by molar-refractivity contribution is 6.30. The number of carbonyl (C=O) groups is 1. The second-order valence-corrected chi connectivity index (χ2v) is 5.86. The monoisotopic (exact) mass is 297 g/mol. The van der Waals surface area contributed by atoms with Crippen LogP contribution in [0.3, 0.4) is 0 Å². The molecule has 4 nitrogen and oxygen atoms in total. The first-order valence-corrected chi connectivity index (χ1v) is 7.34. The minimum Gasteiger partial charge on any atom is -0.508 e. The van der Waals surface area contributed by atoms with Gasteiger partial charge in [0.1, 0.15) is 5.75 Å². The summed E-state index contributed by atoms with van der Waals surface area (Å²) in [6.45, 7) is 2.57. The van der Waals surface area contributed by atoms with E-state index in [1.165, 1.54) is 0 Å². The molecule has 0 bridgehead atoms. The van der Waals surface area contributed by atoms with Crippen LogP contribution in [-0.4, -0.2) is 34.2 Å². The number of aromatic hydroxyl groups is 1. The third-order valence-electron chi connectivity index (χ3n) is 3.91. The maximum atomic E-state index is 10.6. The number of halogens is 1. The van der Waals surface area contributed by atoms with E-state index in [9.17, 15) is 9.90 Å². The van der Waals surface area contributed by atoms with Crippen LogP contribution in [0.25, 0.3) is 0 Å². The summed E-state index contributed by atoms with van der Waals surface area (Å²) in [5, 5.41) is 19.1. The molecular weight excluding hydrogens is 278 g/mol. The van der Waals surface area contributed by atoms with Crippen molar-refractivity contribution in [3.8, 4) is 5.75 Å².